The summed E-state index contributed by atoms with van der Waals surface area (Å²) in [6, 6.07) is 17.1. The fraction of sp³-hybridized carbons (Fsp3) is 0.379. The molecule has 5 nitrogen and oxygen atoms in total. The Morgan fingerprint density at radius 2 is 1.78 bits per heavy atom. The largest absolute Gasteiger partial charge is 0.345 e. The van der Waals surface area contributed by atoms with E-state index in [2.05, 4.69) is 18.4 Å². The number of halogens is 2. The fourth-order valence-corrected chi connectivity index (χ4v) is 4.33. The first-order chi connectivity index (χ1) is 17.2. The van der Waals surface area contributed by atoms with Gasteiger partial charge in [0, 0.05) is 41.6 Å². The molecule has 1 heterocycles. The molecule has 0 fully saturated rings. The lowest BCUT2D eigenvalue weighted by Crippen LogP contribution is -2.47. The molecule has 2 aromatic carbocycles. The van der Waals surface area contributed by atoms with Gasteiger partial charge >= 0.3 is 0 Å². The van der Waals surface area contributed by atoms with Crippen LogP contribution in [0.3, 0.4) is 0 Å². The van der Waals surface area contributed by atoms with Gasteiger partial charge in [-0.25, -0.2) is 4.39 Å². The van der Waals surface area contributed by atoms with Crippen molar-refractivity contribution in [2.45, 2.75) is 53.2 Å². The molecule has 7 heteroatoms. The average Bonchev–Trinajstić information content (AvgIpc) is 3.28. The van der Waals surface area contributed by atoms with Crippen molar-refractivity contribution in [3.05, 3.63) is 94.5 Å². The molecule has 0 N–H and O–H groups in total. The van der Waals surface area contributed by atoms with Crippen molar-refractivity contribution < 1.29 is 14.0 Å². The number of benzene rings is 2. The van der Waals surface area contributed by atoms with E-state index in [1.165, 1.54) is 18.2 Å². The van der Waals surface area contributed by atoms with Gasteiger partial charge < -0.3 is 14.4 Å². The van der Waals surface area contributed by atoms with Crippen LogP contribution in [0, 0.1) is 11.7 Å². The summed E-state index contributed by atoms with van der Waals surface area (Å²) in [5.41, 5.74) is 2.23. The highest BCUT2D eigenvalue weighted by molar-refractivity contribution is 6.31. The third kappa shape index (κ3) is 7.20. The van der Waals surface area contributed by atoms with Crippen LogP contribution in [0.4, 0.5) is 4.39 Å². The first kappa shape index (κ1) is 27.5. The Hall–Kier alpha value is -3.12. The second-order valence-corrected chi connectivity index (χ2v) is 9.99. The van der Waals surface area contributed by atoms with E-state index in [1.807, 2.05) is 56.4 Å². The lowest BCUT2D eigenvalue weighted by Gasteiger charge is -2.32. The monoisotopic (exact) mass is 511 g/mol. The van der Waals surface area contributed by atoms with Gasteiger partial charge in [0.2, 0.25) is 5.91 Å². The Balaban J connectivity index is 1.81. The molecular formula is C29H35ClFN3O2. The average molecular weight is 512 g/mol. The molecule has 0 saturated heterocycles. The molecule has 3 rings (SSSR count). The van der Waals surface area contributed by atoms with Gasteiger partial charge in [-0.15, -0.1) is 0 Å². The molecule has 0 aliphatic carbocycles. The molecule has 3 aromatic rings. The molecule has 2 amide bonds. The van der Waals surface area contributed by atoms with Crippen molar-refractivity contribution in [1.29, 1.82) is 0 Å². The predicted molar refractivity (Wildman–Crippen MR) is 142 cm³/mol. The van der Waals surface area contributed by atoms with Crippen LogP contribution in [0.2, 0.25) is 5.02 Å². The minimum atomic E-state index is -0.475. The predicted octanol–water partition coefficient (Wildman–Crippen LogP) is 6.25. The van der Waals surface area contributed by atoms with E-state index in [0.717, 1.165) is 11.3 Å². The topological polar surface area (TPSA) is 45.6 Å². The van der Waals surface area contributed by atoms with Crippen LogP contribution in [0.1, 0.15) is 55.7 Å². The van der Waals surface area contributed by atoms with Gasteiger partial charge in [-0.1, -0.05) is 56.6 Å². The van der Waals surface area contributed by atoms with Gasteiger partial charge in [-0.2, -0.15) is 0 Å². The van der Waals surface area contributed by atoms with Crippen molar-refractivity contribution >= 4 is 23.4 Å². The minimum Gasteiger partial charge on any atom is -0.345 e. The van der Waals surface area contributed by atoms with Crippen LogP contribution in [-0.4, -0.2) is 45.3 Å². The highest BCUT2D eigenvalue weighted by atomic mass is 35.5. The van der Waals surface area contributed by atoms with Crippen LogP contribution in [-0.2, 0) is 17.9 Å². The number of amides is 2. The van der Waals surface area contributed by atoms with Crippen LogP contribution in [0.5, 0.6) is 0 Å². The normalized spacial score (nSPS) is 12.0. The van der Waals surface area contributed by atoms with E-state index >= 15 is 0 Å². The van der Waals surface area contributed by atoms with Crippen molar-refractivity contribution in [1.82, 2.24) is 14.4 Å². The number of rotatable bonds is 11. The van der Waals surface area contributed by atoms with E-state index in [4.69, 9.17) is 11.6 Å². The smallest absolute Gasteiger partial charge is 0.254 e. The van der Waals surface area contributed by atoms with Gasteiger partial charge in [-0.05, 0) is 61.2 Å². The summed E-state index contributed by atoms with van der Waals surface area (Å²) >= 11 is 6.37. The van der Waals surface area contributed by atoms with E-state index in [-0.39, 0.29) is 35.9 Å². The second-order valence-electron chi connectivity index (χ2n) is 9.59. The van der Waals surface area contributed by atoms with Crippen LogP contribution < -0.4 is 0 Å². The Morgan fingerprint density at radius 1 is 1.03 bits per heavy atom. The zero-order valence-corrected chi connectivity index (χ0v) is 22.2. The van der Waals surface area contributed by atoms with Crippen molar-refractivity contribution in [2.75, 3.05) is 13.1 Å². The van der Waals surface area contributed by atoms with E-state index in [9.17, 15) is 14.0 Å². The van der Waals surface area contributed by atoms with Crippen molar-refractivity contribution in [2.24, 2.45) is 5.92 Å². The minimum absolute atomic E-state index is 0.0672. The van der Waals surface area contributed by atoms with E-state index < -0.39 is 5.82 Å². The third-order valence-corrected chi connectivity index (χ3v) is 6.64. The lowest BCUT2D eigenvalue weighted by atomic mass is 10.1. The summed E-state index contributed by atoms with van der Waals surface area (Å²) in [6.07, 6.45) is 2.66. The van der Waals surface area contributed by atoms with Crippen LogP contribution >= 0.6 is 11.6 Å². The van der Waals surface area contributed by atoms with E-state index in [1.54, 1.807) is 15.9 Å². The van der Waals surface area contributed by atoms with Gasteiger partial charge in [-0.3, -0.25) is 9.59 Å². The number of carbonyl (C=O) groups is 2. The molecule has 0 spiro atoms. The zero-order chi connectivity index (χ0) is 26.2. The number of carbonyl (C=O) groups excluding carboxylic acids is 2. The lowest BCUT2D eigenvalue weighted by molar-refractivity contribution is -0.133. The molecule has 1 atom stereocenters. The number of hydrogen-bond donors (Lipinski definition) is 0. The SMILES string of the molecule is CCC(C)N(CC(=O)N(Cc1cccn1Cc1ccccc1Cl)CC(C)C)C(=O)c1cccc(F)c1. The summed E-state index contributed by atoms with van der Waals surface area (Å²) in [7, 11) is 0. The first-order valence-electron chi connectivity index (χ1n) is 12.4. The molecule has 1 unspecified atom stereocenters. The third-order valence-electron chi connectivity index (χ3n) is 6.27. The van der Waals surface area contributed by atoms with Crippen LogP contribution in [0.25, 0.3) is 0 Å². The zero-order valence-electron chi connectivity index (χ0n) is 21.5. The maximum atomic E-state index is 13.8. The van der Waals surface area contributed by atoms with Crippen molar-refractivity contribution in [3.63, 3.8) is 0 Å². The summed E-state index contributed by atoms with van der Waals surface area (Å²) in [5, 5.41) is 0.701. The molecular weight excluding hydrogens is 477 g/mol. The summed E-state index contributed by atoms with van der Waals surface area (Å²) in [6.45, 7) is 9.50. The molecule has 192 valence electrons. The fourth-order valence-electron chi connectivity index (χ4n) is 4.13. The number of nitrogens with zero attached hydrogens (tertiary/aromatic N) is 3. The molecule has 0 bridgehead atoms. The summed E-state index contributed by atoms with van der Waals surface area (Å²) in [4.78, 5) is 30.2. The van der Waals surface area contributed by atoms with Gasteiger partial charge in [0.15, 0.2) is 0 Å². The Kier molecular flexibility index (Phi) is 9.71. The molecule has 0 radical (unpaired) electrons. The molecule has 0 saturated carbocycles. The van der Waals surface area contributed by atoms with Crippen molar-refractivity contribution in [3.8, 4) is 0 Å². The van der Waals surface area contributed by atoms with E-state index in [0.29, 0.717) is 31.1 Å². The molecule has 36 heavy (non-hydrogen) atoms. The quantitative estimate of drug-likeness (QED) is 0.305. The standard InChI is InChI=1S/C29H35ClFN3O2/c1-5-22(4)34(29(36)23-11-8-12-25(31)16-23)20-28(35)33(17-21(2)3)19-26-13-9-15-32(26)18-24-10-6-7-14-27(24)30/h6-16,21-22H,5,17-20H2,1-4H3. The highest BCUT2D eigenvalue weighted by Gasteiger charge is 2.26. The summed E-state index contributed by atoms with van der Waals surface area (Å²) < 4.78 is 15.9. The van der Waals surface area contributed by atoms with Gasteiger partial charge in [0.1, 0.15) is 12.4 Å². The first-order valence-corrected chi connectivity index (χ1v) is 12.8. The molecule has 0 aliphatic heterocycles. The Labute approximate surface area is 218 Å². The maximum Gasteiger partial charge on any atom is 0.254 e. The Morgan fingerprint density at radius 3 is 2.44 bits per heavy atom. The Bertz CT molecular complexity index is 1180. The molecule has 1 aromatic heterocycles. The van der Waals surface area contributed by atoms with Gasteiger partial charge in [0.05, 0.1) is 6.54 Å². The number of aromatic nitrogens is 1. The van der Waals surface area contributed by atoms with Gasteiger partial charge in [0.25, 0.3) is 5.91 Å². The second kappa shape index (κ2) is 12.7. The maximum absolute atomic E-state index is 13.8. The highest BCUT2D eigenvalue weighted by Crippen LogP contribution is 2.19. The van der Waals surface area contributed by atoms with Crippen LogP contribution in [0.15, 0.2) is 66.9 Å². The summed E-state index contributed by atoms with van der Waals surface area (Å²) in [5.74, 6) is -0.711. The number of hydrogen-bond acceptors (Lipinski definition) is 2. The molecule has 0 aliphatic rings.